The smallest absolute Gasteiger partial charge is 0.199 e. The molecule has 0 aromatic heterocycles. The van der Waals surface area contributed by atoms with Crippen molar-refractivity contribution in [2.75, 3.05) is 13.7 Å². The molecule has 4 atom stereocenters. The first-order valence-electron chi connectivity index (χ1n) is 6.00. The molecule has 6 heteroatoms. The van der Waals surface area contributed by atoms with Crippen LogP contribution in [0.1, 0.15) is 5.56 Å². The average Bonchev–Trinajstić information content (AvgIpc) is 2.64. The van der Waals surface area contributed by atoms with E-state index in [0.717, 1.165) is 0 Å². The van der Waals surface area contributed by atoms with Gasteiger partial charge in [0.2, 0.25) is 0 Å². The van der Waals surface area contributed by atoms with Gasteiger partial charge in [-0.25, -0.2) is 0 Å². The molecule has 1 aromatic rings. The van der Waals surface area contributed by atoms with E-state index >= 15 is 0 Å². The Bertz CT molecular complexity index is 420. The van der Waals surface area contributed by atoms with E-state index in [0.29, 0.717) is 11.3 Å². The highest BCUT2D eigenvalue weighted by Crippen LogP contribution is 2.32. The van der Waals surface area contributed by atoms with Crippen molar-refractivity contribution in [1.29, 1.82) is 0 Å². The highest BCUT2D eigenvalue weighted by molar-refractivity contribution is 5.28. The van der Waals surface area contributed by atoms with Gasteiger partial charge in [-0.2, -0.15) is 0 Å². The molecular weight excluding hydrogens is 252 g/mol. The largest absolute Gasteiger partial charge is 0.497 e. The van der Waals surface area contributed by atoms with E-state index in [-0.39, 0.29) is 6.42 Å². The van der Waals surface area contributed by atoms with Crippen LogP contribution in [-0.2, 0) is 11.2 Å². The summed E-state index contributed by atoms with van der Waals surface area (Å²) in [6.07, 6.45) is -3.76. The van der Waals surface area contributed by atoms with E-state index in [1.807, 2.05) is 0 Å². The zero-order chi connectivity index (χ0) is 14.0. The van der Waals surface area contributed by atoms with E-state index < -0.39 is 30.7 Å². The first kappa shape index (κ1) is 14.2. The number of methoxy groups -OCH3 is 1. The second kappa shape index (κ2) is 5.44. The molecule has 0 amide bonds. The predicted molar refractivity (Wildman–Crippen MR) is 65.6 cm³/mol. The summed E-state index contributed by atoms with van der Waals surface area (Å²) in [6, 6.07) is 6.90. The van der Waals surface area contributed by atoms with Crippen molar-refractivity contribution in [2.24, 2.45) is 0 Å². The third-order valence-electron chi connectivity index (χ3n) is 3.32. The molecule has 1 saturated heterocycles. The van der Waals surface area contributed by atoms with Gasteiger partial charge in [-0.05, 0) is 17.7 Å². The molecule has 1 aliphatic rings. The lowest BCUT2D eigenvalue weighted by molar-refractivity contribution is -0.229. The molecule has 1 heterocycles. The van der Waals surface area contributed by atoms with Crippen molar-refractivity contribution < 1.29 is 29.9 Å². The summed E-state index contributed by atoms with van der Waals surface area (Å²) in [5, 5.41) is 38.7. The van der Waals surface area contributed by atoms with Crippen LogP contribution in [0.2, 0.25) is 0 Å². The maximum Gasteiger partial charge on any atom is 0.199 e. The van der Waals surface area contributed by atoms with E-state index in [1.54, 1.807) is 31.4 Å². The van der Waals surface area contributed by atoms with Crippen molar-refractivity contribution in [3.8, 4) is 5.75 Å². The van der Waals surface area contributed by atoms with Crippen LogP contribution in [0.3, 0.4) is 0 Å². The topological polar surface area (TPSA) is 99.4 Å². The number of benzene rings is 1. The SMILES string of the molecule is COc1ccc(CC2(O)O[C@H](CO)[C@H](O)[C@H]2O)cc1. The summed E-state index contributed by atoms with van der Waals surface area (Å²) >= 11 is 0. The van der Waals surface area contributed by atoms with Crippen LogP contribution in [0.5, 0.6) is 5.75 Å². The molecule has 2 rings (SSSR count). The van der Waals surface area contributed by atoms with Gasteiger partial charge < -0.3 is 29.9 Å². The maximum atomic E-state index is 10.2. The summed E-state index contributed by atoms with van der Waals surface area (Å²) < 4.78 is 10.2. The Morgan fingerprint density at radius 1 is 1.26 bits per heavy atom. The summed E-state index contributed by atoms with van der Waals surface area (Å²) in [4.78, 5) is 0. The van der Waals surface area contributed by atoms with Gasteiger partial charge in [0.05, 0.1) is 13.7 Å². The molecule has 1 aromatic carbocycles. The fraction of sp³-hybridized carbons (Fsp3) is 0.538. The Morgan fingerprint density at radius 3 is 2.37 bits per heavy atom. The minimum absolute atomic E-state index is 0.00568. The van der Waals surface area contributed by atoms with Gasteiger partial charge in [-0.3, -0.25) is 0 Å². The van der Waals surface area contributed by atoms with Gasteiger partial charge in [0, 0.05) is 6.42 Å². The minimum Gasteiger partial charge on any atom is -0.497 e. The fourth-order valence-electron chi connectivity index (χ4n) is 2.20. The van der Waals surface area contributed by atoms with Crippen molar-refractivity contribution in [3.63, 3.8) is 0 Å². The van der Waals surface area contributed by atoms with Crippen molar-refractivity contribution in [3.05, 3.63) is 29.8 Å². The molecule has 106 valence electrons. The lowest BCUT2D eigenvalue weighted by Gasteiger charge is -2.26. The van der Waals surface area contributed by atoms with Crippen LogP contribution >= 0.6 is 0 Å². The van der Waals surface area contributed by atoms with Crippen LogP contribution < -0.4 is 4.74 Å². The standard InChI is InChI=1S/C13H18O6/c1-18-9-4-2-8(3-5-9)6-13(17)12(16)11(15)10(7-14)19-13/h2-5,10-12,14-17H,6-7H2,1H3/t10-,11+,12-,13?/m1/s1. The van der Waals surface area contributed by atoms with Gasteiger partial charge in [-0.15, -0.1) is 0 Å². The Hall–Kier alpha value is -1.18. The predicted octanol–water partition coefficient (Wildman–Crippen LogP) is -0.961. The van der Waals surface area contributed by atoms with E-state index in [9.17, 15) is 15.3 Å². The monoisotopic (exact) mass is 270 g/mol. The first-order valence-corrected chi connectivity index (χ1v) is 6.00. The third kappa shape index (κ3) is 2.72. The number of hydrogen-bond acceptors (Lipinski definition) is 6. The Balaban J connectivity index is 2.12. The van der Waals surface area contributed by atoms with Crippen molar-refractivity contribution in [1.82, 2.24) is 0 Å². The Morgan fingerprint density at radius 2 is 1.89 bits per heavy atom. The number of hydrogen-bond donors (Lipinski definition) is 4. The van der Waals surface area contributed by atoms with Crippen LogP contribution in [0.4, 0.5) is 0 Å². The van der Waals surface area contributed by atoms with Crippen LogP contribution in [0.15, 0.2) is 24.3 Å². The number of rotatable bonds is 4. The summed E-state index contributed by atoms with van der Waals surface area (Å²) in [6.45, 7) is -0.469. The Kier molecular flexibility index (Phi) is 4.07. The number of ether oxygens (including phenoxy) is 2. The van der Waals surface area contributed by atoms with E-state index in [4.69, 9.17) is 14.6 Å². The molecule has 0 saturated carbocycles. The zero-order valence-electron chi connectivity index (χ0n) is 10.6. The minimum atomic E-state index is -1.90. The van der Waals surface area contributed by atoms with Gasteiger partial charge in [0.1, 0.15) is 24.1 Å². The molecule has 1 aliphatic heterocycles. The molecular formula is C13H18O6. The van der Waals surface area contributed by atoms with Gasteiger partial charge in [0.25, 0.3) is 0 Å². The first-order chi connectivity index (χ1) is 9.00. The summed E-state index contributed by atoms with van der Waals surface area (Å²) in [5.41, 5.74) is 0.716. The second-order valence-electron chi connectivity index (χ2n) is 4.64. The van der Waals surface area contributed by atoms with Crippen molar-refractivity contribution >= 4 is 0 Å². The molecule has 0 spiro atoms. The lowest BCUT2D eigenvalue weighted by atomic mass is 9.98. The van der Waals surface area contributed by atoms with Crippen LogP contribution in [0, 0.1) is 0 Å². The van der Waals surface area contributed by atoms with E-state index in [2.05, 4.69) is 0 Å². The van der Waals surface area contributed by atoms with Crippen LogP contribution in [0.25, 0.3) is 0 Å². The molecule has 4 N–H and O–H groups in total. The van der Waals surface area contributed by atoms with Crippen molar-refractivity contribution in [2.45, 2.75) is 30.5 Å². The van der Waals surface area contributed by atoms with Gasteiger partial charge in [0.15, 0.2) is 5.79 Å². The zero-order valence-corrected chi connectivity index (χ0v) is 10.6. The quantitative estimate of drug-likeness (QED) is 0.562. The molecule has 1 fully saturated rings. The third-order valence-corrected chi connectivity index (χ3v) is 3.32. The molecule has 1 unspecified atom stereocenters. The highest BCUT2D eigenvalue weighted by Gasteiger charge is 2.52. The van der Waals surface area contributed by atoms with Gasteiger partial charge >= 0.3 is 0 Å². The maximum absolute atomic E-state index is 10.2. The van der Waals surface area contributed by atoms with E-state index in [1.165, 1.54) is 0 Å². The van der Waals surface area contributed by atoms with Gasteiger partial charge in [-0.1, -0.05) is 12.1 Å². The molecule has 0 bridgehead atoms. The molecule has 0 aliphatic carbocycles. The normalized spacial score (nSPS) is 34.5. The summed E-state index contributed by atoms with van der Waals surface area (Å²) in [7, 11) is 1.55. The summed E-state index contributed by atoms with van der Waals surface area (Å²) in [5.74, 6) is -1.22. The molecule has 0 radical (unpaired) electrons. The molecule has 19 heavy (non-hydrogen) atoms. The van der Waals surface area contributed by atoms with Crippen LogP contribution in [-0.4, -0.2) is 58.2 Å². The lowest BCUT2D eigenvalue weighted by Crippen LogP contribution is -2.44. The fourth-order valence-corrected chi connectivity index (χ4v) is 2.20. The molecule has 6 nitrogen and oxygen atoms in total. The number of aliphatic hydroxyl groups is 4. The average molecular weight is 270 g/mol. The Labute approximate surface area is 110 Å². The highest BCUT2D eigenvalue weighted by atomic mass is 16.7. The number of aliphatic hydroxyl groups excluding tert-OH is 3. The second-order valence-corrected chi connectivity index (χ2v) is 4.64.